The van der Waals surface area contributed by atoms with Crippen LogP contribution in [0.3, 0.4) is 0 Å². The summed E-state index contributed by atoms with van der Waals surface area (Å²) in [5.41, 5.74) is 0. The first-order valence-electron chi connectivity index (χ1n) is 4.48. The zero-order chi connectivity index (χ0) is 8.27. The highest BCUT2D eigenvalue weighted by Gasteiger charge is 2.22. The number of hydrogen-bond acceptors (Lipinski definition) is 2. The summed E-state index contributed by atoms with van der Waals surface area (Å²) in [6.07, 6.45) is 3.30. The summed E-state index contributed by atoms with van der Waals surface area (Å²) in [7, 11) is 0. The van der Waals surface area contributed by atoms with Gasteiger partial charge in [-0.15, -0.1) is 0 Å². The Hall–Kier alpha value is -0.0800. The highest BCUT2D eigenvalue weighted by atomic mass is 16.5. The van der Waals surface area contributed by atoms with Crippen LogP contribution in [0.2, 0.25) is 0 Å². The van der Waals surface area contributed by atoms with Crippen LogP contribution in [0.25, 0.3) is 0 Å². The first kappa shape index (κ1) is 9.01. The van der Waals surface area contributed by atoms with Crippen molar-refractivity contribution < 1.29 is 9.84 Å². The lowest BCUT2D eigenvalue weighted by molar-refractivity contribution is 0.0486. The Morgan fingerprint density at radius 2 is 2.18 bits per heavy atom. The van der Waals surface area contributed by atoms with Crippen molar-refractivity contribution in [2.75, 3.05) is 6.61 Å². The fourth-order valence-electron chi connectivity index (χ4n) is 1.53. The van der Waals surface area contributed by atoms with Gasteiger partial charge < -0.3 is 9.84 Å². The van der Waals surface area contributed by atoms with Crippen molar-refractivity contribution in [3.05, 3.63) is 0 Å². The number of ether oxygens (including phenoxy) is 1. The lowest BCUT2D eigenvalue weighted by atomic mass is 10.1. The molecule has 0 heterocycles. The molecule has 2 unspecified atom stereocenters. The van der Waals surface area contributed by atoms with Crippen molar-refractivity contribution in [1.29, 1.82) is 0 Å². The maximum absolute atomic E-state index is 9.21. The van der Waals surface area contributed by atoms with E-state index in [1.165, 1.54) is 0 Å². The number of hydrogen-bond donors (Lipinski definition) is 1. The summed E-state index contributed by atoms with van der Waals surface area (Å²) in [5.74, 6) is 0.604. The van der Waals surface area contributed by atoms with Gasteiger partial charge >= 0.3 is 0 Å². The maximum atomic E-state index is 9.21. The monoisotopic (exact) mass is 158 g/mol. The minimum absolute atomic E-state index is 0.0595. The molecular formula is C9H18O2. The minimum atomic E-state index is -0.0595. The third-order valence-corrected chi connectivity index (χ3v) is 2.18. The van der Waals surface area contributed by atoms with Crippen molar-refractivity contribution in [3.8, 4) is 0 Å². The van der Waals surface area contributed by atoms with Crippen LogP contribution in [0.15, 0.2) is 0 Å². The van der Waals surface area contributed by atoms with Crippen molar-refractivity contribution in [2.45, 2.75) is 45.3 Å². The first-order valence-corrected chi connectivity index (χ1v) is 4.48. The summed E-state index contributed by atoms with van der Waals surface area (Å²) in [5, 5.41) is 9.21. The molecular weight excluding hydrogens is 140 g/mol. The van der Waals surface area contributed by atoms with Gasteiger partial charge in [-0.2, -0.15) is 0 Å². The summed E-state index contributed by atoms with van der Waals surface area (Å²) in [6, 6.07) is 0. The van der Waals surface area contributed by atoms with Gasteiger partial charge in [0.05, 0.1) is 12.2 Å². The van der Waals surface area contributed by atoms with Gasteiger partial charge in [-0.25, -0.2) is 0 Å². The third kappa shape index (κ3) is 3.21. The molecule has 0 aliphatic heterocycles. The van der Waals surface area contributed by atoms with Crippen molar-refractivity contribution >= 4 is 0 Å². The topological polar surface area (TPSA) is 29.5 Å². The van der Waals surface area contributed by atoms with Crippen molar-refractivity contribution in [3.63, 3.8) is 0 Å². The molecule has 0 spiro atoms. The zero-order valence-corrected chi connectivity index (χ0v) is 7.42. The number of aliphatic hydroxyl groups excluding tert-OH is 1. The minimum Gasteiger partial charge on any atom is -0.393 e. The van der Waals surface area contributed by atoms with E-state index >= 15 is 0 Å². The average Bonchev–Trinajstić information content (AvgIpc) is 2.31. The molecule has 66 valence electrons. The van der Waals surface area contributed by atoms with Crippen LogP contribution in [0, 0.1) is 5.92 Å². The normalized spacial score (nSPS) is 31.6. The lowest BCUT2D eigenvalue weighted by Crippen LogP contribution is -2.12. The van der Waals surface area contributed by atoms with Crippen LogP contribution in [-0.4, -0.2) is 23.9 Å². The molecule has 2 heteroatoms. The predicted octanol–water partition coefficient (Wildman–Crippen LogP) is 1.57. The highest BCUT2D eigenvalue weighted by Crippen LogP contribution is 2.25. The van der Waals surface area contributed by atoms with E-state index in [4.69, 9.17) is 4.74 Å². The standard InChI is InChI=1S/C9H18O2/c1-7(2)11-6-8-3-4-9(10)5-8/h7-10H,3-6H2,1-2H3. The molecule has 2 nitrogen and oxygen atoms in total. The molecule has 1 fully saturated rings. The maximum Gasteiger partial charge on any atom is 0.0543 e. The lowest BCUT2D eigenvalue weighted by Gasteiger charge is -2.12. The summed E-state index contributed by atoms with van der Waals surface area (Å²) >= 11 is 0. The molecule has 1 aliphatic rings. The van der Waals surface area contributed by atoms with Gasteiger partial charge in [0, 0.05) is 6.61 Å². The van der Waals surface area contributed by atoms with E-state index in [1.807, 2.05) is 13.8 Å². The van der Waals surface area contributed by atoms with Crippen LogP contribution in [0.5, 0.6) is 0 Å². The summed E-state index contributed by atoms with van der Waals surface area (Å²) in [4.78, 5) is 0. The molecule has 0 aromatic rings. The second-order valence-corrected chi connectivity index (χ2v) is 3.71. The summed E-state index contributed by atoms with van der Waals surface area (Å²) < 4.78 is 5.46. The van der Waals surface area contributed by atoms with E-state index in [0.717, 1.165) is 25.9 Å². The van der Waals surface area contributed by atoms with Crippen molar-refractivity contribution in [1.82, 2.24) is 0 Å². The number of rotatable bonds is 3. The van der Waals surface area contributed by atoms with E-state index < -0.39 is 0 Å². The molecule has 0 radical (unpaired) electrons. The predicted molar refractivity (Wildman–Crippen MR) is 44.4 cm³/mol. The Morgan fingerprint density at radius 3 is 2.64 bits per heavy atom. The Kier molecular flexibility index (Phi) is 3.34. The molecule has 0 amide bonds. The quantitative estimate of drug-likeness (QED) is 0.675. The number of aliphatic hydroxyl groups is 1. The van der Waals surface area contributed by atoms with Gasteiger partial charge in [-0.05, 0) is 39.0 Å². The SMILES string of the molecule is CC(C)OCC1CCC(O)C1. The Labute approximate surface area is 68.6 Å². The molecule has 1 saturated carbocycles. The Morgan fingerprint density at radius 1 is 1.45 bits per heavy atom. The van der Waals surface area contributed by atoms with Gasteiger partial charge in [0.15, 0.2) is 0 Å². The van der Waals surface area contributed by atoms with Crippen LogP contribution >= 0.6 is 0 Å². The molecule has 1 aliphatic carbocycles. The van der Waals surface area contributed by atoms with Gasteiger partial charge in [-0.1, -0.05) is 0 Å². The summed E-state index contributed by atoms with van der Waals surface area (Å²) in [6.45, 7) is 4.92. The molecule has 11 heavy (non-hydrogen) atoms. The van der Waals surface area contributed by atoms with Gasteiger partial charge in [0.1, 0.15) is 0 Å². The van der Waals surface area contributed by atoms with Gasteiger partial charge in [0.25, 0.3) is 0 Å². The van der Waals surface area contributed by atoms with Crippen LogP contribution in [0.4, 0.5) is 0 Å². The fourth-order valence-corrected chi connectivity index (χ4v) is 1.53. The van der Waals surface area contributed by atoms with Crippen LogP contribution in [-0.2, 0) is 4.74 Å². The van der Waals surface area contributed by atoms with E-state index in [2.05, 4.69) is 0 Å². The molecule has 0 aromatic carbocycles. The van der Waals surface area contributed by atoms with Gasteiger partial charge in [-0.3, -0.25) is 0 Å². The molecule has 2 atom stereocenters. The molecule has 1 rings (SSSR count). The largest absolute Gasteiger partial charge is 0.393 e. The molecule has 1 N–H and O–H groups in total. The smallest absolute Gasteiger partial charge is 0.0543 e. The highest BCUT2D eigenvalue weighted by molar-refractivity contribution is 4.74. The molecule has 0 bridgehead atoms. The van der Waals surface area contributed by atoms with E-state index in [0.29, 0.717) is 12.0 Å². The van der Waals surface area contributed by atoms with E-state index in [-0.39, 0.29) is 6.10 Å². The van der Waals surface area contributed by atoms with Crippen LogP contribution in [0.1, 0.15) is 33.1 Å². The Bertz CT molecular complexity index is 112. The average molecular weight is 158 g/mol. The zero-order valence-electron chi connectivity index (χ0n) is 7.42. The fraction of sp³-hybridized carbons (Fsp3) is 1.00. The van der Waals surface area contributed by atoms with E-state index in [9.17, 15) is 5.11 Å². The second-order valence-electron chi connectivity index (χ2n) is 3.71. The first-order chi connectivity index (χ1) is 5.18. The van der Waals surface area contributed by atoms with Crippen molar-refractivity contribution in [2.24, 2.45) is 5.92 Å². The molecule has 0 saturated heterocycles. The third-order valence-electron chi connectivity index (χ3n) is 2.18. The second kappa shape index (κ2) is 4.07. The van der Waals surface area contributed by atoms with Crippen LogP contribution < -0.4 is 0 Å². The van der Waals surface area contributed by atoms with E-state index in [1.54, 1.807) is 0 Å². The Balaban J connectivity index is 2.08. The molecule has 0 aromatic heterocycles. The van der Waals surface area contributed by atoms with Gasteiger partial charge in [0.2, 0.25) is 0 Å².